The summed E-state index contributed by atoms with van der Waals surface area (Å²) in [5.74, 6) is 0.113. The maximum atomic E-state index is 13.0. The molecule has 1 aromatic heterocycles. The number of aryl methyl sites for hydroxylation is 4. The first-order valence-corrected chi connectivity index (χ1v) is 9.15. The van der Waals surface area contributed by atoms with Crippen molar-refractivity contribution < 1.29 is 9.59 Å². The molecule has 26 heavy (non-hydrogen) atoms. The minimum atomic E-state index is 0.0438. The van der Waals surface area contributed by atoms with Gasteiger partial charge in [0.2, 0.25) is 0 Å². The van der Waals surface area contributed by atoms with E-state index in [0.717, 1.165) is 23.1 Å². The highest BCUT2D eigenvalue weighted by Crippen LogP contribution is 2.18. The van der Waals surface area contributed by atoms with Gasteiger partial charge < -0.3 is 14.4 Å². The Labute approximate surface area is 155 Å². The van der Waals surface area contributed by atoms with Crippen molar-refractivity contribution in [3.63, 3.8) is 0 Å². The van der Waals surface area contributed by atoms with Crippen molar-refractivity contribution in [1.29, 1.82) is 0 Å². The number of hydrogen-bond donors (Lipinski definition) is 0. The molecule has 1 fully saturated rings. The van der Waals surface area contributed by atoms with E-state index in [-0.39, 0.29) is 11.8 Å². The van der Waals surface area contributed by atoms with Gasteiger partial charge in [-0.1, -0.05) is 6.07 Å². The topological polar surface area (TPSA) is 45.6 Å². The molecule has 0 N–H and O–H groups in total. The first-order valence-electron chi connectivity index (χ1n) is 9.15. The number of carbonyl (C=O) groups excluding carboxylic acids is 2. The second kappa shape index (κ2) is 7.36. The summed E-state index contributed by atoms with van der Waals surface area (Å²) in [6.45, 7) is 8.60. The maximum Gasteiger partial charge on any atom is 0.255 e. The molecule has 0 bridgehead atoms. The highest BCUT2D eigenvalue weighted by Gasteiger charge is 2.24. The molecule has 0 spiro atoms. The van der Waals surface area contributed by atoms with Crippen LogP contribution < -0.4 is 0 Å². The van der Waals surface area contributed by atoms with Gasteiger partial charge in [0.25, 0.3) is 11.8 Å². The summed E-state index contributed by atoms with van der Waals surface area (Å²) in [5, 5.41) is 0. The molecule has 1 saturated heterocycles. The van der Waals surface area contributed by atoms with Gasteiger partial charge in [0.15, 0.2) is 0 Å². The molecule has 0 atom stereocenters. The lowest BCUT2D eigenvalue weighted by molar-refractivity contribution is 0.0718. The molecular weight excluding hydrogens is 326 g/mol. The Morgan fingerprint density at radius 2 is 1.46 bits per heavy atom. The van der Waals surface area contributed by atoms with Crippen molar-refractivity contribution in [3.8, 4) is 0 Å². The zero-order chi connectivity index (χ0) is 18.8. The molecule has 0 unspecified atom stereocenters. The van der Waals surface area contributed by atoms with Gasteiger partial charge in [0.1, 0.15) is 0 Å². The average molecular weight is 353 g/mol. The second-order valence-corrected chi connectivity index (χ2v) is 7.25. The fourth-order valence-electron chi connectivity index (χ4n) is 3.50. The van der Waals surface area contributed by atoms with Crippen molar-refractivity contribution in [2.75, 3.05) is 26.2 Å². The zero-order valence-corrected chi connectivity index (χ0v) is 16.1. The van der Waals surface area contributed by atoms with Crippen LogP contribution in [-0.4, -0.2) is 52.4 Å². The molecule has 5 heteroatoms. The van der Waals surface area contributed by atoms with Crippen molar-refractivity contribution in [1.82, 2.24) is 14.4 Å². The molecule has 1 aliphatic heterocycles. The number of rotatable bonds is 2. The molecule has 1 aromatic carbocycles. The van der Waals surface area contributed by atoms with E-state index in [2.05, 4.69) is 13.0 Å². The molecule has 2 heterocycles. The lowest BCUT2D eigenvalue weighted by Gasteiger charge is -2.23. The van der Waals surface area contributed by atoms with Crippen LogP contribution in [0.1, 0.15) is 43.8 Å². The number of aromatic nitrogens is 1. The summed E-state index contributed by atoms with van der Waals surface area (Å²) < 4.78 is 1.88. The number of benzene rings is 1. The van der Waals surface area contributed by atoms with E-state index >= 15 is 0 Å². The van der Waals surface area contributed by atoms with Crippen LogP contribution in [0.5, 0.6) is 0 Å². The number of carbonyl (C=O) groups is 2. The van der Waals surface area contributed by atoms with E-state index < -0.39 is 0 Å². The average Bonchev–Trinajstić information content (AvgIpc) is 2.89. The van der Waals surface area contributed by atoms with E-state index in [4.69, 9.17) is 0 Å². The Kier molecular flexibility index (Phi) is 5.16. The highest BCUT2D eigenvalue weighted by atomic mass is 16.2. The minimum Gasteiger partial charge on any atom is -0.356 e. The van der Waals surface area contributed by atoms with Crippen LogP contribution in [0.4, 0.5) is 0 Å². The quantitative estimate of drug-likeness (QED) is 0.833. The Bertz CT molecular complexity index is 838. The normalized spacial score (nSPS) is 15.1. The SMILES string of the molecule is Cc1cc(C)c(C(=O)N2CCCN(C(=O)c3ccn(C)c3)CC2)cc1C. The number of nitrogens with zero attached hydrogens (tertiary/aromatic N) is 3. The molecular formula is C21H27N3O2. The number of hydrogen-bond acceptors (Lipinski definition) is 2. The zero-order valence-electron chi connectivity index (χ0n) is 16.1. The molecule has 2 aromatic rings. The smallest absolute Gasteiger partial charge is 0.255 e. The van der Waals surface area contributed by atoms with E-state index in [1.165, 1.54) is 5.56 Å². The molecule has 0 saturated carbocycles. The largest absolute Gasteiger partial charge is 0.356 e. The van der Waals surface area contributed by atoms with Crippen molar-refractivity contribution in [3.05, 3.63) is 58.4 Å². The van der Waals surface area contributed by atoms with Crippen LogP contribution >= 0.6 is 0 Å². The van der Waals surface area contributed by atoms with Crippen LogP contribution in [0, 0.1) is 20.8 Å². The standard InChI is InChI=1S/C21H27N3O2/c1-15-12-17(3)19(13-16(15)2)21(26)24-8-5-7-23(10-11-24)20(25)18-6-9-22(4)14-18/h6,9,12-14H,5,7-8,10-11H2,1-4H3. The fourth-order valence-corrected chi connectivity index (χ4v) is 3.50. The molecule has 5 nitrogen and oxygen atoms in total. The van der Waals surface area contributed by atoms with Gasteiger partial charge in [-0.2, -0.15) is 0 Å². The summed E-state index contributed by atoms with van der Waals surface area (Å²) in [6.07, 6.45) is 4.52. The molecule has 3 rings (SSSR count). The van der Waals surface area contributed by atoms with Crippen molar-refractivity contribution in [2.24, 2.45) is 7.05 Å². The van der Waals surface area contributed by atoms with Gasteiger partial charge in [-0.25, -0.2) is 0 Å². The highest BCUT2D eigenvalue weighted by molar-refractivity contribution is 5.96. The summed E-state index contributed by atoms with van der Waals surface area (Å²) in [5.41, 5.74) is 4.83. The Morgan fingerprint density at radius 1 is 0.846 bits per heavy atom. The third-order valence-electron chi connectivity index (χ3n) is 5.22. The lowest BCUT2D eigenvalue weighted by atomic mass is 10.00. The van der Waals surface area contributed by atoms with Gasteiger partial charge in [-0.15, -0.1) is 0 Å². The summed E-state index contributed by atoms with van der Waals surface area (Å²) in [7, 11) is 1.91. The molecule has 2 amide bonds. The van der Waals surface area contributed by atoms with E-state index in [1.807, 2.05) is 59.8 Å². The molecule has 138 valence electrons. The Balaban J connectivity index is 1.71. The predicted octanol–water partition coefficient (Wildman–Crippen LogP) is 2.94. The maximum absolute atomic E-state index is 13.0. The Hall–Kier alpha value is -2.56. The Morgan fingerprint density at radius 3 is 2.08 bits per heavy atom. The summed E-state index contributed by atoms with van der Waals surface area (Å²) in [6, 6.07) is 5.91. The molecule has 0 aliphatic carbocycles. The van der Waals surface area contributed by atoms with Crippen LogP contribution in [-0.2, 0) is 7.05 Å². The molecule has 1 aliphatic rings. The summed E-state index contributed by atoms with van der Waals surface area (Å²) >= 11 is 0. The van der Waals surface area contributed by atoms with Gasteiger partial charge >= 0.3 is 0 Å². The van der Waals surface area contributed by atoms with Crippen molar-refractivity contribution >= 4 is 11.8 Å². The van der Waals surface area contributed by atoms with Gasteiger partial charge in [0.05, 0.1) is 5.56 Å². The minimum absolute atomic E-state index is 0.0438. The fraction of sp³-hybridized carbons (Fsp3) is 0.429. The predicted molar refractivity (Wildman–Crippen MR) is 102 cm³/mol. The van der Waals surface area contributed by atoms with Crippen LogP contribution in [0.25, 0.3) is 0 Å². The van der Waals surface area contributed by atoms with E-state index in [9.17, 15) is 9.59 Å². The van der Waals surface area contributed by atoms with E-state index in [1.54, 1.807) is 0 Å². The first kappa shape index (κ1) is 18.2. The third kappa shape index (κ3) is 3.66. The monoisotopic (exact) mass is 353 g/mol. The number of amides is 2. The van der Waals surface area contributed by atoms with Gasteiger partial charge in [-0.3, -0.25) is 9.59 Å². The third-order valence-corrected chi connectivity index (χ3v) is 5.22. The van der Waals surface area contributed by atoms with Crippen LogP contribution in [0.3, 0.4) is 0 Å². The van der Waals surface area contributed by atoms with E-state index in [0.29, 0.717) is 31.7 Å². The summed E-state index contributed by atoms with van der Waals surface area (Å²) in [4.78, 5) is 29.4. The first-order chi connectivity index (χ1) is 12.4. The molecule has 0 radical (unpaired) electrons. The van der Waals surface area contributed by atoms with Crippen molar-refractivity contribution in [2.45, 2.75) is 27.2 Å². The van der Waals surface area contributed by atoms with Gasteiger partial charge in [0, 0.05) is 51.2 Å². The lowest BCUT2D eigenvalue weighted by Crippen LogP contribution is -2.37. The van der Waals surface area contributed by atoms with Crippen LogP contribution in [0.15, 0.2) is 30.6 Å². The van der Waals surface area contributed by atoms with Gasteiger partial charge in [-0.05, 0) is 56.0 Å². The van der Waals surface area contributed by atoms with Crippen LogP contribution in [0.2, 0.25) is 0 Å². The second-order valence-electron chi connectivity index (χ2n) is 7.25.